The Morgan fingerprint density at radius 3 is 2.12 bits per heavy atom. The Labute approximate surface area is 231 Å². The van der Waals surface area contributed by atoms with Crippen molar-refractivity contribution in [1.82, 2.24) is 15.2 Å². The van der Waals surface area contributed by atoms with Gasteiger partial charge in [0.1, 0.15) is 17.9 Å². The van der Waals surface area contributed by atoms with Crippen molar-refractivity contribution in [2.75, 3.05) is 0 Å². The van der Waals surface area contributed by atoms with E-state index in [1.165, 1.54) is 5.56 Å². The molecule has 0 N–H and O–H groups in total. The van der Waals surface area contributed by atoms with Gasteiger partial charge in [-0.3, -0.25) is 4.98 Å². The molecule has 6 aromatic rings. The van der Waals surface area contributed by atoms with E-state index in [0.29, 0.717) is 41.0 Å². The zero-order chi connectivity index (χ0) is 27.7. The van der Waals surface area contributed by atoms with Crippen LogP contribution in [0.5, 0.6) is 5.75 Å². The Morgan fingerprint density at radius 2 is 1.48 bits per heavy atom. The molecule has 0 fully saturated rings. The number of rotatable bonds is 6. The molecule has 3 aromatic carbocycles. The average Bonchev–Trinajstić information content (AvgIpc) is 3.46. The first-order valence-corrected chi connectivity index (χ1v) is 13.0. The van der Waals surface area contributed by atoms with Crippen LogP contribution < -0.4 is 10.4 Å². The van der Waals surface area contributed by atoms with Gasteiger partial charge in [0.05, 0.1) is 11.3 Å². The first-order chi connectivity index (χ1) is 19.3. The van der Waals surface area contributed by atoms with Gasteiger partial charge < -0.3 is 13.6 Å². The molecule has 0 bridgehead atoms. The second-order valence-corrected chi connectivity index (χ2v) is 10.6. The quantitative estimate of drug-likeness (QED) is 0.207. The summed E-state index contributed by atoms with van der Waals surface area (Å²) in [5, 5.41) is 9.25. The van der Waals surface area contributed by atoms with Gasteiger partial charge in [0.15, 0.2) is 0 Å². The van der Waals surface area contributed by atoms with Crippen molar-refractivity contribution in [1.29, 1.82) is 0 Å². The van der Waals surface area contributed by atoms with Gasteiger partial charge in [-0.2, -0.15) is 0 Å². The van der Waals surface area contributed by atoms with Gasteiger partial charge in [-0.25, -0.2) is 4.79 Å². The average molecular weight is 530 g/mol. The Hall–Kier alpha value is -5.04. The molecule has 198 valence electrons. The number of nitrogens with zero attached hydrogens (tertiary/aromatic N) is 3. The third-order valence-electron chi connectivity index (χ3n) is 6.68. The standard InChI is InChI=1S/C33H27N3O4/c1-33(2,3)25-14-11-23(12-15-25)31-36-35-30(40-31)22-9-7-21(8-10-22)20-38-26-16-13-24-18-27(28-6-4-5-17-34-28)32(37)39-29(24)19-26/h4-19H,20H2,1-3H3. The zero-order valence-electron chi connectivity index (χ0n) is 22.4. The summed E-state index contributed by atoms with van der Waals surface area (Å²) in [5.74, 6) is 1.54. The predicted octanol–water partition coefficient (Wildman–Crippen LogP) is 7.45. The Balaban J connectivity index is 1.13. The van der Waals surface area contributed by atoms with Crippen LogP contribution in [0.2, 0.25) is 0 Å². The molecule has 6 rings (SSSR count). The van der Waals surface area contributed by atoms with Crippen molar-refractivity contribution in [3.63, 3.8) is 0 Å². The molecule has 0 spiro atoms. The van der Waals surface area contributed by atoms with Gasteiger partial charge in [-0.05, 0) is 71.1 Å². The molecular formula is C33H27N3O4. The topological polar surface area (TPSA) is 91.2 Å². The van der Waals surface area contributed by atoms with Crippen LogP contribution in [0, 0.1) is 0 Å². The minimum Gasteiger partial charge on any atom is -0.489 e. The van der Waals surface area contributed by atoms with Gasteiger partial charge in [0, 0.05) is 28.8 Å². The number of hydrogen-bond acceptors (Lipinski definition) is 7. The van der Waals surface area contributed by atoms with Crippen LogP contribution >= 0.6 is 0 Å². The lowest BCUT2D eigenvalue weighted by Gasteiger charge is -2.18. The van der Waals surface area contributed by atoms with Crippen molar-refractivity contribution >= 4 is 11.0 Å². The van der Waals surface area contributed by atoms with Gasteiger partial charge in [0.2, 0.25) is 11.8 Å². The van der Waals surface area contributed by atoms with Crippen molar-refractivity contribution in [2.24, 2.45) is 0 Å². The summed E-state index contributed by atoms with van der Waals surface area (Å²) in [6.07, 6.45) is 1.65. The number of ether oxygens (including phenoxy) is 1. The molecule has 0 saturated carbocycles. The van der Waals surface area contributed by atoms with E-state index in [-0.39, 0.29) is 5.41 Å². The lowest BCUT2D eigenvalue weighted by atomic mass is 9.87. The molecule has 0 aliphatic carbocycles. The molecule has 0 atom stereocenters. The number of hydrogen-bond donors (Lipinski definition) is 0. The molecule has 7 nitrogen and oxygen atoms in total. The van der Waals surface area contributed by atoms with Gasteiger partial charge in [-0.15, -0.1) is 10.2 Å². The van der Waals surface area contributed by atoms with E-state index in [0.717, 1.165) is 22.1 Å². The van der Waals surface area contributed by atoms with Crippen LogP contribution in [0.3, 0.4) is 0 Å². The summed E-state index contributed by atoms with van der Waals surface area (Å²) in [4.78, 5) is 16.8. The monoisotopic (exact) mass is 529 g/mol. The summed E-state index contributed by atoms with van der Waals surface area (Å²) in [5.41, 5.74) is 5.02. The summed E-state index contributed by atoms with van der Waals surface area (Å²) in [6.45, 7) is 6.89. The fourth-order valence-corrected chi connectivity index (χ4v) is 4.36. The van der Waals surface area contributed by atoms with Crippen LogP contribution in [0.4, 0.5) is 0 Å². The molecule has 0 amide bonds. The van der Waals surface area contributed by atoms with E-state index in [2.05, 4.69) is 48.1 Å². The second-order valence-electron chi connectivity index (χ2n) is 10.6. The molecule has 7 heteroatoms. The van der Waals surface area contributed by atoms with Crippen LogP contribution in [0.15, 0.2) is 111 Å². The van der Waals surface area contributed by atoms with Gasteiger partial charge >= 0.3 is 5.63 Å². The Kier molecular flexibility index (Phi) is 6.48. The SMILES string of the molecule is CC(C)(C)c1ccc(-c2nnc(-c3ccc(COc4ccc5cc(-c6ccccn6)c(=O)oc5c4)cc3)o2)cc1. The third-order valence-corrected chi connectivity index (χ3v) is 6.68. The van der Waals surface area contributed by atoms with Crippen LogP contribution in [0.1, 0.15) is 31.9 Å². The van der Waals surface area contributed by atoms with Gasteiger partial charge in [0.25, 0.3) is 0 Å². The Morgan fingerprint density at radius 1 is 0.775 bits per heavy atom. The smallest absolute Gasteiger partial charge is 0.345 e. The first-order valence-electron chi connectivity index (χ1n) is 13.0. The third kappa shape index (κ3) is 5.27. The highest BCUT2D eigenvalue weighted by atomic mass is 16.5. The van der Waals surface area contributed by atoms with Crippen molar-refractivity contribution in [2.45, 2.75) is 32.8 Å². The first kappa shape index (κ1) is 25.2. The summed E-state index contributed by atoms with van der Waals surface area (Å²) < 4.78 is 17.5. The lowest BCUT2D eigenvalue weighted by molar-refractivity contribution is 0.306. The fourth-order valence-electron chi connectivity index (χ4n) is 4.36. The van der Waals surface area contributed by atoms with Crippen LogP contribution in [-0.2, 0) is 12.0 Å². The molecule has 0 aliphatic heterocycles. The lowest BCUT2D eigenvalue weighted by Crippen LogP contribution is -2.10. The molecule has 3 heterocycles. The van der Waals surface area contributed by atoms with E-state index in [1.54, 1.807) is 30.5 Å². The van der Waals surface area contributed by atoms with E-state index < -0.39 is 5.63 Å². The summed E-state index contributed by atoms with van der Waals surface area (Å²) in [7, 11) is 0. The van der Waals surface area contributed by atoms with E-state index in [4.69, 9.17) is 13.6 Å². The van der Waals surface area contributed by atoms with Crippen LogP contribution in [-0.4, -0.2) is 15.2 Å². The van der Waals surface area contributed by atoms with Crippen molar-refractivity contribution in [3.8, 4) is 39.9 Å². The highest BCUT2D eigenvalue weighted by Gasteiger charge is 2.15. The number of benzene rings is 3. The number of fused-ring (bicyclic) bond motifs is 1. The van der Waals surface area contributed by atoms with Crippen LogP contribution in [0.25, 0.3) is 45.1 Å². The van der Waals surface area contributed by atoms with Gasteiger partial charge in [-0.1, -0.05) is 51.1 Å². The highest BCUT2D eigenvalue weighted by Crippen LogP contribution is 2.28. The van der Waals surface area contributed by atoms with E-state index >= 15 is 0 Å². The summed E-state index contributed by atoms with van der Waals surface area (Å²) >= 11 is 0. The summed E-state index contributed by atoms with van der Waals surface area (Å²) in [6, 6.07) is 28.6. The molecular weight excluding hydrogens is 502 g/mol. The molecule has 3 aromatic heterocycles. The van der Waals surface area contributed by atoms with E-state index in [9.17, 15) is 4.79 Å². The number of aromatic nitrogens is 3. The maximum atomic E-state index is 12.5. The zero-order valence-corrected chi connectivity index (χ0v) is 22.4. The molecule has 0 saturated heterocycles. The second kappa shape index (κ2) is 10.3. The maximum Gasteiger partial charge on any atom is 0.345 e. The minimum atomic E-state index is -0.440. The Bertz CT molecular complexity index is 1830. The molecule has 0 radical (unpaired) electrons. The molecule has 0 aliphatic rings. The normalized spacial score (nSPS) is 11.6. The minimum absolute atomic E-state index is 0.0819. The van der Waals surface area contributed by atoms with Crippen molar-refractivity contribution < 1.29 is 13.6 Å². The molecule has 0 unspecified atom stereocenters. The fraction of sp³-hybridized carbons (Fsp3) is 0.152. The maximum absolute atomic E-state index is 12.5. The van der Waals surface area contributed by atoms with E-state index in [1.807, 2.05) is 54.6 Å². The number of pyridine rings is 1. The molecule has 40 heavy (non-hydrogen) atoms. The highest BCUT2D eigenvalue weighted by molar-refractivity contribution is 5.82. The van der Waals surface area contributed by atoms with Crippen molar-refractivity contribution in [3.05, 3.63) is 119 Å². The predicted molar refractivity (Wildman–Crippen MR) is 154 cm³/mol. The largest absolute Gasteiger partial charge is 0.489 e.